The Labute approximate surface area is 101 Å². The molecule has 0 saturated heterocycles. The summed E-state index contributed by atoms with van der Waals surface area (Å²) in [5, 5.41) is 8.05. The first-order valence-electron chi connectivity index (χ1n) is 5.32. The van der Waals surface area contributed by atoms with Gasteiger partial charge in [-0.3, -0.25) is 4.79 Å². The van der Waals surface area contributed by atoms with Gasteiger partial charge in [-0.05, 0) is 18.6 Å². The number of aliphatic carboxylic acids is 1. The van der Waals surface area contributed by atoms with Crippen LogP contribution in [0.15, 0.2) is 42.5 Å². The summed E-state index contributed by atoms with van der Waals surface area (Å²) in [5.74, 6) is -1.24. The van der Waals surface area contributed by atoms with Crippen LogP contribution in [0.3, 0.4) is 0 Å². The van der Waals surface area contributed by atoms with E-state index in [2.05, 4.69) is 0 Å². The number of carbonyl (C=O) groups excluding carboxylic acids is 1. The molecule has 0 bridgehead atoms. The molecule has 1 rings (SSSR count). The Morgan fingerprint density at radius 2 is 1.88 bits per heavy atom. The number of benzene rings is 1. The van der Waals surface area contributed by atoms with Crippen LogP contribution in [0.4, 0.5) is 0 Å². The normalized spacial score (nSPS) is 9.47. The van der Waals surface area contributed by atoms with Crippen molar-refractivity contribution in [1.29, 1.82) is 0 Å². The Balaban J connectivity index is 0.000000304. The number of primary amides is 1. The first kappa shape index (κ1) is 14.9. The average molecular weight is 235 g/mol. The topological polar surface area (TPSA) is 80.4 Å². The molecule has 0 unspecified atom stereocenters. The third-order valence-corrected chi connectivity index (χ3v) is 1.77. The smallest absolute Gasteiger partial charge is 0.327 e. The molecule has 92 valence electrons. The van der Waals surface area contributed by atoms with Crippen molar-refractivity contribution in [3.8, 4) is 0 Å². The zero-order valence-corrected chi connectivity index (χ0v) is 9.80. The Morgan fingerprint density at radius 1 is 1.29 bits per heavy atom. The van der Waals surface area contributed by atoms with E-state index in [0.29, 0.717) is 5.56 Å². The van der Waals surface area contributed by atoms with Crippen LogP contribution in [0.25, 0.3) is 0 Å². The van der Waals surface area contributed by atoms with Crippen LogP contribution >= 0.6 is 0 Å². The summed E-state index contributed by atoms with van der Waals surface area (Å²) in [6.07, 6.45) is 4.68. The van der Waals surface area contributed by atoms with E-state index < -0.39 is 5.97 Å². The van der Waals surface area contributed by atoms with E-state index in [-0.39, 0.29) is 5.91 Å². The minimum Gasteiger partial charge on any atom is -0.478 e. The van der Waals surface area contributed by atoms with Gasteiger partial charge in [-0.15, -0.1) is 0 Å². The molecule has 0 fully saturated rings. The highest BCUT2D eigenvalue weighted by Gasteiger charge is 1.93. The summed E-state index contributed by atoms with van der Waals surface area (Å²) in [4.78, 5) is 20.2. The fourth-order valence-corrected chi connectivity index (χ4v) is 0.953. The zero-order chi connectivity index (χ0) is 13.1. The number of hydrogen-bond acceptors (Lipinski definition) is 2. The molecular formula is C13H17NO3. The molecule has 1 amide bonds. The second-order valence-corrected chi connectivity index (χ2v) is 3.26. The molecule has 0 aliphatic rings. The van der Waals surface area contributed by atoms with Crippen molar-refractivity contribution in [2.24, 2.45) is 5.73 Å². The lowest BCUT2D eigenvalue weighted by Crippen LogP contribution is -2.09. The van der Waals surface area contributed by atoms with E-state index in [9.17, 15) is 9.59 Å². The highest BCUT2D eigenvalue weighted by Crippen LogP contribution is 1.94. The van der Waals surface area contributed by atoms with Crippen molar-refractivity contribution in [2.75, 3.05) is 0 Å². The fraction of sp³-hybridized carbons (Fsp3) is 0.231. The third kappa shape index (κ3) is 8.87. The van der Waals surface area contributed by atoms with E-state index in [1.54, 1.807) is 30.3 Å². The first-order chi connectivity index (χ1) is 8.07. The van der Waals surface area contributed by atoms with Gasteiger partial charge in [0.2, 0.25) is 5.91 Å². The summed E-state index contributed by atoms with van der Waals surface area (Å²) in [6.45, 7) is 2.01. The van der Waals surface area contributed by atoms with Crippen LogP contribution in [0, 0.1) is 0 Å². The average Bonchev–Trinajstić information content (AvgIpc) is 2.31. The van der Waals surface area contributed by atoms with Crippen LogP contribution in [0.1, 0.15) is 30.1 Å². The molecule has 4 nitrogen and oxygen atoms in total. The lowest BCUT2D eigenvalue weighted by atomic mass is 10.2. The summed E-state index contributed by atoms with van der Waals surface area (Å²) in [5.41, 5.74) is 5.53. The molecule has 0 aliphatic carbocycles. The van der Waals surface area contributed by atoms with Crippen molar-refractivity contribution in [2.45, 2.75) is 19.8 Å². The van der Waals surface area contributed by atoms with Gasteiger partial charge in [0, 0.05) is 11.6 Å². The molecule has 0 heterocycles. The standard InChI is InChI=1S/C7H7NO.C6H10O2/c8-7(9)6-4-2-1-3-5-6;1-2-3-4-5-6(7)8/h1-5H,(H2,8,9);4-5H,2-3H2,1H3,(H,7,8). The molecule has 0 saturated carbocycles. The minimum absolute atomic E-state index is 0.379. The Kier molecular flexibility index (Phi) is 8.02. The van der Waals surface area contributed by atoms with Gasteiger partial charge >= 0.3 is 5.97 Å². The zero-order valence-electron chi connectivity index (χ0n) is 9.80. The maximum Gasteiger partial charge on any atom is 0.327 e. The number of carbonyl (C=O) groups is 2. The quantitative estimate of drug-likeness (QED) is 0.785. The number of allylic oxidation sites excluding steroid dienone is 1. The lowest BCUT2D eigenvalue weighted by molar-refractivity contribution is -0.131. The number of amides is 1. The molecule has 0 radical (unpaired) electrons. The van der Waals surface area contributed by atoms with E-state index in [1.165, 1.54) is 6.08 Å². The Bertz CT molecular complexity index is 372. The van der Waals surface area contributed by atoms with Crippen molar-refractivity contribution in [3.63, 3.8) is 0 Å². The van der Waals surface area contributed by atoms with Gasteiger partial charge in [0.05, 0.1) is 0 Å². The van der Waals surface area contributed by atoms with Gasteiger partial charge in [-0.25, -0.2) is 4.79 Å². The van der Waals surface area contributed by atoms with Gasteiger partial charge in [-0.2, -0.15) is 0 Å². The van der Waals surface area contributed by atoms with Gasteiger partial charge in [-0.1, -0.05) is 37.6 Å². The van der Waals surface area contributed by atoms with E-state index in [1.807, 2.05) is 13.0 Å². The molecule has 3 N–H and O–H groups in total. The molecule has 0 atom stereocenters. The number of nitrogens with two attached hydrogens (primary N) is 1. The van der Waals surface area contributed by atoms with Gasteiger partial charge in [0.15, 0.2) is 0 Å². The largest absolute Gasteiger partial charge is 0.478 e. The molecular weight excluding hydrogens is 218 g/mol. The van der Waals surface area contributed by atoms with Crippen LogP contribution in [-0.4, -0.2) is 17.0 Å². The summed E-state index contributed by atoms with van der Waals surface area (Å²) in [7, 11) is 0. The summed E-state index contributed by atoms with van der Waals surface area (Å²) < 4.78 is 0. The maximum absolute atomic E-state index is 10.4. The first-order valence-corrected chi connectivity index (χ1v) is 5.32. The van der Waals surface area contributed by atoms with Crippen molar-refractivity contribution in [1.82, 2.24) is 0 Å². The molecule has 0 aliphatic heterocycles. The molecule has 1 aromatic rings. The van der Waals surface area contributed by atoms with E-state index >= 15 is 0 Å². The Hall–Kier alpha value is -2.10. The molecule has 1 aromatic carbocycles. The molecule has 4 heteroatoms. The highest BCUT2D eigenvalue weighted by atomic mass is 16.4. The van der Waals surface area contributed by atoms with Crippen molar-refractivity contribution >= 4 is 11.9 Å². The van der Waals surface area contributed by atoms with Crippen LogP contribution in [0.5, 0.6) is 0 Å². The monoisotopic (exact) mass is 235 g/mol. The highest BCUT2D eigenvalue weighted by molar-refractivity contribution is 5.92. The molecule has 0 aromatic heterocycles. The molecule has 17 heavy (non-hydrogen) atoms. The SMILES string of the molecule is CCCC=CC(=O)O.NC(=O)c1ccccc1. The maximum atomic E-state index is 10.4. The number of carboxylic acid groups (broad SMARTS) is 1. The number of carboxylic acids is 1. The summed E-state index contributed by atoms with van der Waals surface area (Å²) >= 11 is 0. The number of hydrogen-bond donors (Lipinski definition) is 2. The van der Waals surface area contributed by atoms with Crippen LogP contribution < -0.4 is 5.73 Å². The Morgan fingerprint density at radius 3 is 2.24 bits per heavy atom. The van der Waals surface area contributed by atoms with Crippen LogP contribution in [-0.2, 0) is 4.79 Å². The second-order valence-electron chi connectivity index (χ2n) is 3.26. The van der Waals surface area contributed by atoms with Crippen molar-refractivity contribution < 1.29 is 14.7 Å². The van der Waals surface area contributed by atoms with E-state index in [4.69, 9.17) is 10.8 Å². The van der Waals surface area contributed by atoms with Crippen molar-refractivity contribution in [3.05, 3.63) is 48.0 Å². The summed E-state index contributed by atoms with van der Waals surface area (Å²) in [6, 6.07) is 8.76. The molecule has 0 spiro atoms. The van der Waals surface area contributed by atoms with Gasteiger partial charge in [0.1, 0.15) is 0 Å². The predicted molar refractivity (Wildman–Crippen MR) is 66.6 cm³/mol. The fourth-order valence-electron chi connectivity index (χ4n) is 0.953. The minimum atomic E-state index is -0.863. The number of rotatable bonds is 4. The van der Waals surface area contributed by atoms with Gasteiger partial charge in [0.25, 0.3) is 0 Å². The third-order valence-electron chi connectivity index (χ3n) is 1.77. The van der Waals surface area contributed by atoms with Gasteiger partial charge < -0.3 is 10.8 Å². The van der Waals surface area contributed by atoms with Crippen LogP contribution in [0.2, 0.25) is 0 Å². The van der Waals surface area contributed by atoms with E-state index in [0.717, 1.165) is 12.8 Å². The predicted octanol–water partition coefficient (Wildman–Crippen LogP) is 2.21. The number of unbranched alkanes of at least 4 members (excludes halogenated alkanes) is 1. The lowest BCUT2D eigenvalue weighted by Gasteiger charge is -1.89. The second kappa shape index (κ2) is 9.15.